The van der Waals surface area contributed by atoms with Crippen molar-refractivity contribution in [3.63, 3.8) is 0 Å². The molecule has 1 saturated carbocycles. The number of thiophene rings is 1. The molecule has 0 amide bonds. The van der Waals surface area contributed by atoms with Gasteiger partial charge in [-0.2, -0.15) is 11.3 Å². The molecule has 0 spiro atoms. The van der Waals surface area contributed by atoms with Gasteiger partial charge in [0, 0.05) is 5.54 Å². The van der Waals surface area contributed by atoms with Crippen molar-refractivity contribution in [2.45, 2.75) is 63.5 Å². The standard InChI is InChI=1S/C17H28N2S/c1-2-18-16(15-8-13-20-14-15)17(9-4-5-10-17)19-11-6-3-7-12-19/h8,13-14,16,18H,2-7,9-12H2,1H3. The summed E-state index contributed by atoms with van der Waals surface area (Å²) in [7, 11) is 0. The molecule has 2 heterocycles. The zero-order valence-corrected chi connectivity index (χ0v) is 13.6. The Hall–Kier alpha value is -0.380. The summed E-state index contributed by atoms with van der Waals surface area (Å²) in [6.07, 6.45) is 9.78. The van der Waals surface area contributed by atoms with Gasteiger partial charge in [0.05, 0.1) is 6.04 Å². The van der Waals surface area contributed by atoms with Crippen molar-refractivity contribution in [2.75, 3.05) is 19.6 Å². The summed E-state index contributed by atoms with van der Waals surface area (Å²) in [6, 6.07) is 2.86. The minimum absolute atomic E-state index is 0.386. The summed E-state index contributed by atoms with van der Waals surface area (Å²) < 4.78 is 0. The Morgan fingerprint density at radius 1 is 1.20 bits per heavy atom. The fourth-order valence-corrected chi connectivity index (χ4v) is 5.06. The summed E-state index contributed by atoms with van der Waals surface area (Å²) in [4.78, 5) is 2.84. The van der Waals surface area contributed by atoms with Gasteiger partial charge >= 0.3 is 0 Å². The van der Waals surface area contributed by atoms with E-state index in [-0.39, 0.29) is 0 Å². The number of hydrogen-bond acceptors (Lipinski definition) is 3. The van der Waals surface area contributed by atoms with Crippen LogP contribution in [0.5, 0.6) is 0 Å². The van der Waals surface area contributed by atoms with Crippen LogP contribution in [0, 0.1) is 0 Å². The van der Waals surface area contributed by atoms with Gasteiger partial charge in [-0.25, -0.2) is 0 Å². The van der Waals surface area contributed by atoms with Crippen molar-refractivity contribution in [3.8, 4) is 0 Å². The lowest BCUT2D eigenvalue weighted by molar-refractivity contribution is 0.0366. The maximum atomic E-state index is 3.83. The fourth-order valence-electron chi connectivity index (χ4n) is 4.38. The number of rotatable bonds is 5. The largest absolute Gasteiger partial charge is 0.309 e. The van der Waals surface area contributed by atoms with E-state index in [1.165, 1.54) is 63.6 Å². The number of nitrogens with one attached hydrogen (secondary N) is 1. The fraction of sp³-hybridized carbons (Fsp3) is 0.765. The van der Waals surface area contributed by atoms with Crippen molar-refractivity contribution in [2.24, 2.45) is 0 Å². The molecular weight excluding hydrogens is 264 g/mol. The van der Waals surface area contributed by atoms with Crippen molar-refractivity contribution >= 4 is 11.3 Å². The van der Waals surface area contributed by atoms with Crippen LogP contribution in [0.1, 0.15) is 63.5 Å². The van der Waals surface area contributed by atoms with Gasteiger partial charge in [0.1, 0.15) is 0 Å². The zero-order valence-electron chi connectivity index (χ0n) is 12.7. The second kappa shape index (κ2) is 6.59. The van der Waals surface area contributed by atoms with Gasteiger partial charge in [-0.1, -0.05) is 26.2 Å². The topological polar surface area (TPSA) is 15.3 Å². The third-order valence-corrected chi connectivity index (χ3v) is 5.98. The molecule has 3 heteroatoms. The normalized spacial score (nSPS) is 24.9. The second-order valence-electron chi connectivity index (χ2n) is 6.41. The van der Waals surface area contributed by atoms with E-state index in [1.54, 1.807) is 0 Å². The molecule has 2 aliphatic rings. The Balaban J connectivity index is 1.90. The first-order chi connectivity index (χ1) is 9.87. The van der Waals surface area contributed by atoms with Crippen molar-refractivity contribution in [1.29, 1.82) is 0 Å². The van der Waals surface area contributed by atoms with Gasteiger partial charge in [0.15, 0.2) is 0 Å². The van der Waals surface area contributed by atoms with Gasteiger partial charge in [-0.05, 0) is 67.7 Å². The van der Waals surface area contributed by atoms with E-state index >= 15 is 0 Å². The Morgan fingerprint density at radius 2 is 1.95 bits per heavy atom. The van der Waals surface area contributed by atoms with Crippen LogP contribution in [0.4, 0.5) is 0 Å². The first-order valence-corrected chi connectivity index (χ1v) is 9.31. The molecule has 20 heavy (non-hydrogen) atoms. The SMILES string of the molecule is CCNC(c1ccsc1)C1(N2CCCCC2)CCCC1. The first-order valence-electron chi connectivity index (χ1n) is 8.37. The van der Waals surface area contributed by atoms with Gasteiger partial charge in [0.25, 0.3) is 0 Å². The van der Waals surface area contributed by atoms with E-state index in [0.29, 0.717) is 11.6 Å². The number of piperidine rings is 1. The lowest BCUT2D eigenvalue weighted by atomic mass is 9.81. The van der Waals surface area contributed by atoms with E-state index in [2.05, 4.69) is 34.0 Å². The van der Waals surface area contributed by atoms with E-state index in [0.717, 1.165) is 6.54 Å². The van der Waals surface area contributed by atoms with Crippen molar-refractivity contribution in [3.05, 3.63) is 22.4 Å². The number of hydrogen-bond donors (Lipinski definition) is 1. The highest BCUT2D eigenvalue weighted by Gasteiger charge is 2.46. The van der Waals surface area contributed by atoms with E-state index in [1.807, 2.05) is 11.3 Å². The molecule has 2 fully saturated rings. The van der Waals surface area contributed by atoms with Crippen LogP contribution in [-0.4, -0.2) is 30.1 Å². The number of likely N-dealkylation sites (tertiary alicyclic amines) is 1. The monoisotopic (exact) mass is 292 g/mol. The molecule has 1 aliphatic carbocycles. The van der Waals surface area contributed by atoms with Crippen LogP contribution in [0.25, 0.3) is 0 Å². The molecule has 0 radical (unpaired) electrons. The van der Waals surface area contributed by atoms with Crippen LogP contribution in [0.3, 0.4) is 0 Å². The predicted octanol–water partition coefficient (Wildman–Crippen LogP) is 4.20. The van der Waals surface area contributed by atoms with E-state index in [9.17, 15) is 0 Å². The smallest absolute Gasteiger partial charge is 0.0515 e. The highest BCUT2D eigenvalue weighted by molar-refractivity contribution is 7.07. The quantitative estimate of drug-likeness (QED) is 0.875. The summed E-state index contributed by atoms with van der Waals surface area (Å²) in [5.74, 6) is 0. The molecule has 1 unspecified atom stereocenters. The third kappa shape index (κ3) is 2.68. The average molecular weight is 292 g/mol. The Morgan fingerprint density at radius 3 is 2.55 bits per heavy atom. The summed E-state index contributed by atoms with van der Waals surface area (Å²) in [5.41, 5.74) is 1.90. The Bertz CT molecular complexity index is 389. The minimum atomic E-state index is 0.386. The molecular formula is C17H28N2S. The highest BCUT2D eigenvalue weighted by Crippen LogP contribution is 2.45. The van der Waals surface area contributed by atoms with Crippen LogP contribution >= 0.6 is 11.3 Å². The lowest BCUT2D eigenvalue weighted by Crippen LogP contribution is -2.56. The molecule has 1 aromatic rings. The van der Waals surface area contributed by atoms with Crippen LogP contribution in [-0.2, 0) is 0 Å². The maximum absolute atomic E-state index is 3.83. The second-order valence-corrected chi connectivity index (χ2v) is 7.19. The highest BCUT2D eigenvalue weighted by atomic mass is 32.1. The predicted molar refractivity (Wildman–Crippen MR) is 87.4 cm³/mol. The summed E-state index contributed by atoms with van der Waals surface area (Å²) in [5, 5.41) is 8.42. The molecule has 0 aromatic carbocycles. The Labute approximate surface area is 127 Å². The van der Waals surface area contributed by atoms with Crippen LogP contribution in [0.2, 0.25) is 0 Å². The van der Waals surface area contributed by atoms with E-state index in [4.69, 9.17) is 0 Å². The van der Waals surface area contributed by atoms with Gasteiger partial charge < -0.3 is 5.32 Å². The number of likely N-dealkylation sites (N-methyl/N-ethyl adjacent to an activating group) is 1. The molecule has 1 aromatic heterocycles. The molecule has 112 valence electrons. The molecule has 1 N–H and O–H groups in total. The van der Waals surface area contributed by atoms with E-state index < -0.39 is 0 Å². The zero-order chi connectivity index (χ0) is 13.8. The summed E-state index contributed by atoms with van der Waals surface area (Å²) in [6.45, 7) is 5.94. The van der Waals surface area contributed by atoms with Crippen molar-refractivity contribution < 1.29 is 0 Å². The average Bonchev–Trinajstić information content (AvgIpc) is 3.18. The molecule has 1 aliphatic heterocycles. The van der Waals surface area contributed by atoms with Crippen LogP contribution in [0.15, 0.2) is 16.8 Å². The number of nitrogens with zero attached hydrogens (tertiary/aromatic N) is 1. The maximum Gasteiger partial charge on any atom is 0.0515 e. The molecule has 2 nitrogen and oxygen atoms in total. The molecule has 0 bridgehead atoms. The van der Waals surface area contributed by atoms with Gasteiger partial charge in [-0.3, -0.25) is 4.90 Å². The van der Waals surface area contributed by atoms with Crippen LogP contribution < -0.4 is 5.32 Å². The van der Waals surface area contributed by atoms with Gasteiger partial charge in [-0.15, -0.1) is 0 Å². The Kier molecular flexibility index (Phi) is 4.79. The summed E-state index contributed by atoms with van der Waals surface area (Å²) >= 11 is 1.84. The third-order valence-electron chi connectivity index (χ3n) is 5.28. The molecule has 1 saturated heterocycles. The van der Waals surface area contributed by atoms with Gasteiger partial charge in [0.2, 0.25) is 0 Å². The van der Waals surface area contributed by atoms with Crippen molar-refractivity contribution in [1.82, 2.24) is 10.2 Å². The molecule has 1 atom stereocenters. The first kappa shape index (κ1) is 14.6. The minimum Gasteiger partial charge on any atom is -0.309 e. The molecule has 3 rings (SSSR count). The lowest BCUT2D eigenvalue weighted by Gasteiger charge is -2.48.